The zero-order valence-corrected chi connectivity index (χ0v) is 9.75. The zero-order chi connectivity index (χ0) is 11.5. The Balaban J connectivity index is 2.51. The SMILES string of the molecule is CCc1csc(-c2cccc(C=O)c2O)c1. The maximum atomic E-state index is 10.7. The van der Waals surface area contributed by atoms with Gasteiger partial charge in [0.15, 0.2) is 6.29 Å². The molecule has 1 aromatic carbocycles. The molecule has 82 valence electrons. The Labute approximate surface area is 98.2 Å². The highest BCUT2D eigenvalue weighted by Gasteiger charge is 2.09. The van der Waals surface area contributed by atoms with Crippen molar-refractivity contribution in [3.05, 3.63) is 40.8 Å². The lowest BCUT2D eigenvalue weighted by molar-refractivity contribution is 0.112. The molecule has 0 unspecified atom stereocenters. The summed E-state index contributed by atoms with van der Waals surface area (Å²) in [6, 6.07) is 7.27. The summed E-state index contributed by atoms with van der Waals surface area (Å²) in [5.41, 5.74) is 2.31. The van der Waals surface area contributed by atoms with Crippen LogP contribution in [0.2, 0.25) is 0 Å². The van der Waals surface area contributed by atoms with E-state index in [1.165, 1.54) is 5.56 Å². The van der Waals surface area contributed by atoms with Crippen LogP contribution in [-0.4, -0.2) is 11.4 Å². The van der Waals surface area contributed by atoms with E-state index in [4.69, 9.17) is 0 Å². The highest BCUT2D eigenvalue weighted by atomic mass is 32.1. The van der Waals surface area contributed by atoms with E-state index in [1.807, 2.05) is 12.1 Å². The molecule has 3 heteroatoms. The summed E-state index contributed by atoms with van der Waals surface area (Å²) in [5, 5.41) is 12.0. The molecule has 0 fully saturated rings. The van der Waals surface area contributed by atoms with E-state index in [0.29, 0.717) is 11.8 Å². The van der Waals surface area contributed by atoms with Gasteiger partial charge in [-0.1, -0.05) is 13.0 Å². The van der Waals surface area contributed by atoms with Crippen LogP contribution in [0.4, 0.5) is 0 Å². The topological polar surface area (TPSA) is 37.3 Å². The lowest BCUT2D eigenvalue weighted by Gasteiger charge is -2.03. The average Bonchev–Trinajstić information content (AvgIpc) is 2.78. The fourth-order valence-corrected chi connectivity index (χ4v) is 2.58. The molecule has 2 rings (SSSR count). The van der Waals surface area contributed by atoms with Crippen LogP contribution >= 0.6 is 11.3 Å². The van der Waals surface area contributed by atoms with Crippen molar-refractivity contribution in [2.45, 2.75) is 13.3 Å². The highest BCUT2D eigenvalue weighted by molar-refractivity contribution is 7.13. The Morgan fingerprint density at radius 1 is 1.44 bits per heavy atom. The first-order valence-electron chi connectivity index (χ1n) is 5.11. The summed E-state index contributed by atoms with van der Waals surface area (Å²) in [7, 11) is 0. The van der Waals surface area contributed by atoms with Gasteiger partial charge in [0.25, 0.3) is 0 Å². The molecule has 1 N–H and O–H groups in total. The number of aryl methyl sites for hydroxylation is 1. The minimum absolute atomic E-state index is 0.0713. The summed E-state index contributed by atoms with van der Waals surface area (Å²) >= 11 is 1.58. The average molecular weight is 232 g/mol. The molecule has 0 aliphatic carbocycles. The monoisotopic (exact) mass is 232 g/mol. The van der Waals surface area contributed by atoms with Gasteiger partial charge in [0.2, 0.25) is 0 Å². The fraction of sp³-hybridized carbons (Fsp3) is 0.154. The van der Waals surface area contributed by atoms with Gasteiger partial charge in [-0.25, -0.2) is 0 Å². The van der Waals surface area contributed by atoms with E-state index in [-0.39, 0.29) is 5.75 Å². The van der Waals surface area contributed by atoms with Gasteiger partial charge in [-0.05, 0) is 35.6 Å². The summed E-state index contributed by atoms with van der Waals surface area (Å²) in [6.45, 7) is 2.09. The summed E-state index contributed by atoms with van der Waals surface area (Å²) in [4.78, 5) is 11.7. The number of hydrogen-bond acceptors (Lipinski definition) is 3. The third-order valence-corrected chi connectivity index (χ3v) is 3.53. The first-order valence-corrected chi connectivity index (χ1v) is 5.99. The standard InChI is InChI=1S/C13H12O2S/c1-2-9-6-12(16-8-9)11-5-3-4-10(7-14)13(11)15/h3-8,15H,2H2,1H3. The largest absolute Gasteiger partial charge is 0.507 e. The molecule has 0 saturated carbocycles. The molecule has 0 atom stereocenters. The van der Waals surface area contributed by atoms with Crippen LogP contribution < -0.4 is 0 Å². The van der Waals surface area contributed by atoms with Crippen molar-refractivity contribution in [3.8, 4) is 16.2 Å². The van der Waals surface area contributed by atoms with Gasteiger partial charge in [0.05, 0.1) is 5.56 Å². The minimum atomic E-state index is 0.0713. The number of benzene rings is 1. The van der Waals surface area contributed by atoms with Crippen LogP contribution in [-0.2, 0) is 6.42 Å². The summed E-state index contributed by atoms with van der Waals surface area (Å²) in [5.74, 6) is 0.0713. The number of phenols is 1. The molecule has 0 aliphatic rings. The van der Waals surface area contributed by atoms with Crippen molar-refractivity contribution in [2.75, 3.05) is 0 Å². The van der Waals surface area contributed by atoms with E-state index in [0.717, 1.165) is 16.9 Å². The van der Waals surface area contributed by atoms with Crippen molar-refractivity contribution >= 4 is 17.6 Å². The molecule has 2 nitrogen and oxygen atoms in total. The van der Waals surface area contributed by atoms with Crippen LogP contribution in [0.25, 0.3) is 10.4 Å². The zero-order valence-electron chi connectivity index (χ0n) is 8.93. The minimum Gasteiger partial charge on any atom is -0.507 e. The number of para-hydroxylation sites is 1. The molecule has 0 aliphatic heterocycles. The van der Waals surface area contributed by atoms with Crippen molar-refractivity contribution in [1.29, 1.82) is 0 Å². The van der Waals surface area contributed by atoms with Gasteiger partial charge >= 0.3 is 0 Å². The number of carbonyl (C=O) groups excluding carboxylic acids is 1. The molecule has 16 heavy (non-hydrogen) atoms. The van der Waals surface area contributed by atoms with Crippen LogP contribution in [0.3, 0.4) is 0 Å². The Bertz CT molecular complexity index is 514. The van der Waals surface area contributed by atoms with Crippen molar-refractivity contribution < 1.29 is 9.90 Å². The van der Waals surface area contributed by atoms with Gasteiger partial charge in [0.1, 0.15) is 5.75 Å². The first-order chi connectivity index (χ1) is 7.76. The normalized spacial score (nSPS) is 10.3. The quantitative estimate of drug-likeness (QED) is 0.822. The van der Waals surface area contributed by atoms with E-state index in [1.54, 1.807) is 23.5 Å². The highest BCUT2D eigenvalue weighted by Crippen LogP contribution is 2.35. The van der Waals surface area contributed by atoms with Crippen LogP contribution in [0.1, 0.15) is 22.8 Å². The number of aldehydes is 1. The molecule has 2 aromatic rings. The molecule has 0 saturated heterocycles. The van der Waals surface area contributed by atoms with Crippen molar-refractivity contribution in [3.63, 3.8) is 0 Å². The van der Waals surface area contributed by atoms with Crippen LogP contribution in [0, 0.1) is 0 Å². The summed E-state index contributed by atoms with van der Waals surface area (Å²) < 4.78 is 0. The number of hydrogen-bond donors (Lipinski definition) is 1. The van der Waals surface area contributed by atoms with E-state index in [2.05, 4.69) is 12.3 Å². The van der Waals surface area contributed by atoms with Gasteiger partial charge in [-0.3, -0.25) is 4.79 Å². The second kappa shape index (κ2) is 4.49. The van der Waals surface area contributed by atoms with Gasteiger partial charge in [-0.15, -0.1) is 11.3 Å². The number of aromatic hydroxyl groups is 1. The second-order valence-corrected chi connectivity index (χ2v) is 4.45. The number of thiophene rings is 1. The van der Waals surface area contributed by atoms with Gasteiger partial charge in [-0.2, -0.15) is 0 Å². The Morgan fingerprint density at radius 2 is 2.25 bits per heavy atom. The number of carbonyl (C=O) groups is 1. The molecule has 0 amide bonds. The predicted octanol–water partition coefficient (Wildman–Crippen LogP) is 3.50. The van der Waals surface area contributed by atoms with E-state index in [9.17, 15) is 9.90 Å². The van der Waals surface area contributed by atoms with Crippen molar-refractivity contribution in [2.24, 2.45) is 0 Å². The maximum absolute atomic E-state index is 10.7. The third-order valence-electron chi connectivity index (χ3n) is 2.52. The summed E-state index contributed by atoms with van der Waals surface area (Å²) in [6.07, 6.45) is 1.65. The smallest absolute Gasteiger partial charge is 0.153 e. The van der Waals surface area contributed by atoms with Crippen molar-refractivity contribution in [1.82, 2.24) is 0 Å². The van der Waals surface area contributed by atoms with E-state index >= 15 is 0 Å². The molecule has 1 heterocycles. The Morgan fingerprint density at radius 3 is 2.88 bits per heavy atom. The molecule has 1 aromatic heterocycles. The van der Waals surface area contributed by atoms with Crippen LogP contribution in [0.5, 0.6) is 5.75 Å². The van der Waals surface area contributed by atoms with Crippen LogP contribution in [0.15, 0.2) is 29.6 Å². The Hall–Kier alpha value is -1.61. The predicted molar refractivity (Wildman–Crippen MR) is 66.2 cm³/mol. The van der Waals surface area contributed by atoms with E-state index < -0.39 is 0 Å². The molecular weight excluding hydrogens is 220 g/mol. The third kappa shape index (κ3) is 1.86. The Kier molecular flexibility index (Phi) is 3.06. The number of rotatable bonds is 3. The number of phenolic OH excluding ortho intramolecular Hbond substituents is 1. The second-order valence-electron chi connectivity index (χ2n) is 3.53. The molecule has 0 spiro atoms. The van der Waals surface area contributed by atoms with Gasteiger partial charge < -0.3 is 5.11 Å². The fourth-order valence-electron chi connectivity index (χ4n) is 1.56. The lowest BCUT2D eigenvalue weighted by Crippen LogP contribution is -1.83. The van der Waals surface area contributed by atoms with Gasteiger partial charge in [0, 0.05) is 10.4 Å². The first kappa shape index (κ1) is 10.9. The molecule has 0 radical (unpaired) electrons. The molecular formula is C13H12O2S. The maximum Gasteiger partial charge on any atom is 0.153 e. The lowest BCUT2D eigenvalue weighted by atomic mass is 10.1. The molecule has 0 bridgehead atoms.